The first-order chi connectivity index (χ1) is 16.1. The summed E-state index contributed by atoms with van der Waals surface area (Å²) in [5.41, 5.74) is 3.91. The lowest BCUT2D eigenvalue weighted by molar-refractivity contribution is -0.119. The maximum atomic E-state index is 13.5. The Bertz CT molecular complexity index is 1190. The Hall–Kier alpha value is -3.08. The first-order valence-electron chi connectivity index (χ1n) is 12.2. The van der Waals surface area contributed by atoms with E-state index in [1.54, 1.807) is 0 Å². The van der Waals surface area contributed by atoms with E-state index in [0.29, 0.717) is 42.1 Å². The van der Waals surface area contributed by atoms with Gasteiger partial charge in [-0.25, -0.2) is 0 Å². The lowest BCUT2D eigenvalue weighted by Crippen LogP contribution is -2.42. The Morgan fingerprint density at radius 3 is 2.06 bits per heavy atom. The van der Waals surface area contributed by atoms with Gasteiger partial charge in [0.15, 0.2) is 11.6 Å². The molecule has 5 nitrogen and oxygen atoms in total. The number of Topliss-reactive ketones (excluding diaryl/α,β-unsaturated/α-hetero) is 2. The van der Waals surface area contributed by atoms with E-state index in [1.165, 1.54) is 0 Å². The Balaban J connectivity index is 1.64. The summed E-state index contributed by atoms with van der Waals surface area (Å²) in [4.78, 5) is 26.9. The maximum absolute atomic E-state index is 13.5. The molecule has 0 atom stereocenters. The minimum Gasteiger partial charge on any atom is -0.493 e. The van der Waals surface area contributed by atoms with Crippen LogP contribution < -0.4 is 10.1 Å². The molecule has 0 spiro atoms. The molecule has 1 aliphatic heterocycles. The molecule has 34 heavy (non-hydrogen) atoms. The highest BCUT2D eigenvalue weighted by molar-refractivity contribution is 6.06. The van der Waals surface area contributed by atoms with Crippen molar-refractivity contribution in [3.8, 4) is 17.1 Å². The minimum absolute atomic E-state index is 0.0978. The zero-order chi connectivity index (χ0) is 24.3. The van der Waals surface area contributed by atoms with Gasteiger partial charge in [0.25, 0.3) is 0 Å². The van der Waals surface area contributed by atoms with Gasteiger partial charge in [-0.1, -0.05) is 39.8 Å². The SMILES string of the molecule is CCOc1ccccc1-c1ccc(C2C3=C(CC(C)(C)CC3=O)NC3=C2C(=O)CC(C)(C)C3)o1. The number of furan rings is 1. The molecule has 0 radical (unpaired) electrons. The third kappa shape index (κ3) is 3.91. The van der Waals surface area contributed by atoms with Crippen molar-refractivity contribution >= 4 is 11.6 Å². The quantitative estimate of drug-likeness (QED) is 0.579. The van der Waals surface area contributed by atoms with Gasteiger partial charge in [-0.05, 0) is 54.9 Å². The topological polar surface area (TPSA) is 68.5 Å². The molecule has 1 N–H and O–H groups in total. The highest BCUT2D eigenvalue weighted by atomic mass is 16.5. The second-order valence-corrected chi connectivity index (χ2v) is 11.4. The Morgan fingerprint density at radius 1 is 0.882 bits per heavy atom. The monoisotopic (exact) mass is 459 g/mol. The number of allylic oxidation sites excluding steroid dienone is 4. The molecule has 0 fully saturated rings. The standard InChI is InChI=1S/C29H33NO4/c1-6-33-22-10-8-7-9-17(22)23-11-12-24(34-23)27-25-18(13-28(2,3)15-20(25)31)30-19-14-29(4,5)16-21(32)26(19)27/h7-12,27,30H,6,13-16H2,1-5H3. The zero-order valence-corrected chi connectivity index (χ0v) is 20.7. The number of dihydropyridines is 1. The molecule has 1 aromatic heterocycles. The van der Waals surface area contributed by atoms with Gasteiger partial charge < -0.3 is 14.5 Å². The van der Waals surface area contributed by atoms with Crippen molar-refractivity contribution in [2.45, 2.75) is 66.2 Å². The van der Waals surface area contributed by atoms with Crippen LogP contribution in [0.4, 0.5) is 0 Å². The summed E-state index contributed by atoms with van der Waals surface area (Å²) in [5, 5.41) is 3.55. The predicted molar refractivity (Wildman–Crippen MR) is 131 cm³/mol. The smallest absolute Gasteiger partial charge is 0.162 e. The number of hydrogen-bond donors (Lipinski definition) is 1. The molecule has 2 heterocycles. The molecular weight excluding hydrogens is 426 g/mol. The largest absolute Gasteiger partial charge is 0.493 e. The van der Waals surface area contributed by atoms with Crippen LogP contribution in [0.1, 0.15) is 72.0 Å². The number of ketones is 2. The van der Waals surface area contributed by atoms with Crippen LogP contribution in [-0.2, 0) is 9.59 Å². The number of ether oxygens (including phenoxy) is 1. The van der Waals surface area contributed by atoms with E-state index < -0.39 is 5.92 Å². The van der Waals surface area contributed by atoms with E-state index in [9.17, 15) is 9.59 Å². The molecule has 0 saturated carbocycles. The van der Waals surface area contributed by atoms with Crippen molar-refractivity contribution in [1.82, 2.24) is 5.32 Å². The van der Waals surface area contributed by atoms with Crippen LogP contribution in [0.15, 0.2) is 63.4 Å². The van der Waals surface area contributed by atoms with Gasteiger partial charge in [-0.3, -0.25) is 9.59 Å². The molecule has 5 heteroatoms. The number of carbonyl (C=O) groups is 2. The van der Waals surface area contributed by atoms with Crippen molar-refractivity contribution in [2.75, 3.05) is 6.61 Å². The van der Waals surface area contributed by atoms with Crippen LogP contribution in [0.3, 0.4) is 0 Å². The van der Waals surface area contributed by atoms with E-state index in [2.05, 4.69) is 33.0 Å². The first kappa shape index (κ1) is 22.7. The number of benzene rings is 1. The summed E-state index contributed by atoms with van der Waals surface area (Å²) in [7, 11) is 0. The second kappa shape index (κ2) is 8.00. The van der Waals surface area contributed by atoms with Crippen LogP contribution in [0.25, 0.3) is 11.3 Å². The van der Waals surface area contributed by atoms with Gasteiger partial charge in [0.1, 0.15) is 17.3 Å². The minimum atomic E-state index is -0.466. The molecule has 2 aromatic rings. The van der Waals surface area contributed by atoms with Crippen molar-refractivity contribution in [3.05, 3.63) is 64.7 Å². The molecule has 5 rings (SSSR count). The van der Waals surface area contributed by atoms with E-state index in [0.717, 1.165) is 35.5 Å². The summed E-state index contributed by atoms with van der Waals surface area (Å²) in [6, 6.07) is 11.6. The summed E-state index contributed by atoms with van der Waals surface area (Å²) in [6.07, 6.45) is 2.48. The number of nitrogens with one attached hydrogen (secondary N) is 1. The predicted octanol–water partition coefficient (Wildman–Crippen LogP) is 6.32. The van der Waals surface area contributed by atoms with Crippen LogP contribution in [0.2, 0.25) is 0 Å². The molecule has 0 unspecified atom stereocenters. The first-order valence-corrected chi connectivity index (χ1v) is 12.2. The van der Waals surface area contributed by atoms with E-state index >= 15 is 0 Å². The van der Waals surface area contributed by atoms with Crippen molar-refractivity contribution in [3.63, 3.8) is 0 Å². The highest BCUT2D eigenvalue weighted by Gasteiger charge is 2.47. The normalized spacial score (nSPS) is 21.8. The number of carbonyl (C=O) groups excluding carboxylic acids is 2. The summed E-state index contributed by atoms with van der Waals surface area (Å²) >= 11 is 0. The van der Waals surface area contributed by atoms with Crippen molar-refractivity contribution < 1.29 is 18.7 Å². The lowest BCUT2D eigenvalue weighted by Gasteiger charge is -2.43. The Labute approximate surface area is 201 Å². The van der Waals surface area contributed by atoms with Crippen LogP contribution in [0, 0.1) is 10.8 Å². The zero-order valence-electron chi connectivity index (χ0n) is 20.7. The highest BCUT2D eigenvalue weighted by Crippen LogP contribution is 2.51. The molecule has 0 bridgehead atoms. The number of hydrogen-bond acceptors (Lipinski definition) is 5. The fourth-order valence-electron chi connectivity index (χ4n) is 5.78. The van der Waals surface area contributed by atoms with Gasteiger partial charge >= 0.3 is 0 Å². The molecule has 178 valence electrons. The molecule has 0 amide bonds. The van der Waals surface area contributed by atoms with E-state index in [4.69, 9.17) is 9.15 Å². The number of para-hydroxylation sites is 1. The number of rotatable bonds is 4. The lowest BCUT2D eigenvalue weighted by atomic mass is 9.65. The second-order valence-electron chi connectivity index (χ2n) is 11.4. The summed E-state index contributed by atoms with van der Waals surface area (Å²) in [6.45, 7) is 11.0. The average Bonchev–Trinajstić information content (AvgIpc) is 3.21. The van der Waals surface area contributed by atoms with Crippen LogP contribution in [0.5, 0.6) is 5.75 Å². The van der Waals surface area contributed by atoms with Gasteiger partial charge in [0, 0.05) is 35.4 Å². The third-order valence-corrected chi connectivity index (χ3v) is 7.08. The van der Waals surface area contributed by atoms with Gasteiger partial charge in [-0.2, -0.15) is 0 Å². The van der Waals surface area contributed by atoms with Crippen LogP contribution in [-0.4, -0.2) is 18.2 Å². The molecule has 1 aromatic carbocycles. The van der Waals surface area contributed by atoms with E-state index in [-0.39, 0.29) is 22.4 Å². The molecule has 0 saturated heterocycles. The van der Waals surface area contributed by atoms with E-state index in [1.807, 2.05) is 43.3 Å². The summed E-state index contributed by atoms with van der Waals surface area (Å²) < 4.78 is 12.2. The maximum Gasteiger partial charge on any atom is 0.162 e. The third-order valence-electron chi connectivity index (χ3n) is 7.08. The molecule has 3 aliphatic rings. The fraction of sp³-hybridized carbons (Fsp3) is 0.448. The average molecular weight is 460 g/mol. The Morgan fingerprint density at radius 2 is 1.47 bits per heavy atom. The fourth-order valence-corrected chi connectivity index (χ4v) is 5.78. The van der Waals surface area contributed by atoms with Gasteiger partial charge in [-0.15, -0.1) is 0 Å². The summed E-state index contributed by atoms with van der Waals surface area (Å²) in [5.74, 6) is 1.80. The molecule has 2 aliphatic carbocycles. The Kier molecular flexibility index (Phi) is 5.34. The van der Waals surface area contributed by atoms with Crippen molar-refractivity contribution in [1.29, 1.82) is 0 Å². The van der Waals surface area contributed by atoms with Gasteiger partial charge in [0.05, 0.1) is 18.1 Å². The molecular formula is C29H33NO4. The van der Waals surface area contributed by atoms with Crippen molar-refractivity contribution in [2.24, 2.45) is 10.8 Å². The van der Waals surface area contributed by atoms with Gasteiger partial charge in [0.2, 0.25) is 0 Å². The van der Waals surface area contributed by atoms with Crippen LogP contribution >= 0.6 is 0 Å².